The molecule has 0 aliphatic heterocycles. The van der Waals surface area contributed by atoms with Gasteiger partial charge < -0.3 is 19.2 Å². The minimum Gasteiger partial charge on any atom is -0.351 e. The molecular weight excluding hydrogens is 438 g/mol. The highest BCUT2D eigenvalue weighted by Gasteiger charge is 2.07. The Bertz CT molecular complexity index is 1210. The number of hydrogen-bond donors (Lipinski definition) is 1. The second-order valence-corrected chi connectivity index (χ2v) is 8.57. The quantitative estimate of drug-likeness (QED) is 0.330. The molecule has 0 unspecified atom stereocenters. The van der Waals surface area contributed by atoms with Gasteiger partial charge in [-0.1, -0.05) is 35.9 Å². The average Bonchev–Trinajstić information content (AvgIpc) is 3.39. The van der Waals surface area contributed by atoms with Crippen LogP contribution in [0.3, 0.4) is 0 Å². The number of imidazole rings is 1. The van der Waals surface area contributed by atoms with Gasteiger partial charge in [0, 0.05) is 45.3 Å². The fourth-order valence-electron chi connectivity index (χ4n) is 3.29. The van der Waals surface area contributed by atoms with Crippen molar-refractivity contribution in [2.24, 2.45) is 7.05 Å². The van der Waals surface area contributed by atoms with Gasteiger partial charge in [-0.2, -0.15) is 0 Å². The zero-order valence-electron chi connectivity index (χ0n) is 21.7. The molecule has 4 aromatic rings. The summed E-state index contributed by atoms with van der Waals surface area (Å²) in [6, 6.07) is 18.1. The monoisotopic (exact) mass is 475 g/mol. The summed E-state index contributed by atoms with van der Waals surface area (Å²) < 4.78 is 3.88. The Kier molecular flexibility index (Phi) is 10.8. The van der Waals surface area contributed by atoms with E-state index in [9.17, 15) is 9.59 Å². The van der Waals surface area contributed by atoms with Gasteiger partial charge in [0.25, 0.3) is 5.91 Å². The van der Waals surface area contributed by atoms with E-state index in [2.05, 4.69) is 65.9 Å². The highest BCUT2D eigenvalue weighted by Crippen LogP contribution is 2.11. The van der Waals surface area contributed by atoms with Crippen molar-refractivity contribution < 1.29 is 9.59 Å². The Labute approximate surface area is 208 Å². The number of nitrogens with one attached hydrogen (secondary N) is 1. The van der Waals surface area contributed by atoms with Crippen LogP contribution >= 0.6 is 0 Å². The number of carbonyl (C=O) groups excluding carboxylic acids is 2. The van der Waals surface area contributed by atoms with Crippen molar-refractivity contribution in [2.45, 2.75) is 34.1 Å². The van der Waals surface area contributed by atoms with Gasteiger partial charge in [-0.25, -0.2) is 4.98 Å². The van der Waals surface area contributed by atoms with E-state index in [1.165, 1.54) is 16.8 Å². The molecule has 186 valence electrons. The van der Waals surface area contributed by atoms with Gasteiger partial charge in [-0.15, -0.1) is 0 Å². The van der Waals surface area contributed by atoms with E-state index < -0.39 is 0 Å². The van der Waals surface area contributed by atoms with E-state index in [0.717, 1.165) is 24.2 Å². The third kappa shape index (κ3) is 8.77. The summed E-state index contributed by atoms with van der Waals surface area (Å²) in [5, 5.41) is 2.80. The van der Waals surface area contributed by atoms with Crippen LogP contribution in [0.2, 0.25) is 0 Å². The zero-order chi connectivity index (χ0) is 25.8. The number of carbonyl (C=O) groups is 2. The van der Waals surface area contributed by atoms with Crippen LogP contribution in [-0.2, 0) is 11.8 Å². The fourth-order valence-corrected chi connectivity index (χ4v) is 3.29. The Hall–Kier alpha value is -3.87. The van der Waals surface area contributed by atoms with E-state index in [0.29, 0.717) is 18.8 Å². The number of fused-ring (bicyclic) bond motifs is 1. The van der Waals surface area contributed by atoms with E-state index in [4.69, 9.17) is 0 Å². The molecule has 0 saturated heterocycles. The third-order valence-electron chi connectivity index (χ3n) is 5.53. The first-order valence-electron chi connectivity index (χ1n) is 11.7. The molecule has 35 heavy (non-hydrogen) atoms. The lowest BCUT2D eigenvalue weighted by atomic mass is 10.2. The summed E-state index contributed by atoms with van der Waals surface area (Å²) in [7, 11) is 3.54. The molecule has 7 nitrogen and oxygen atoms in total. The smallest absolute Gasteiger partial charge is 0.267 e. The van der Waals surface area contributed by atoms with Gasteiger partial charge in [0.1, 0.15) is 11.3 Å². The molecule has 1 N–H and O–H groups in total. The van der Waals surface area contributed by atoms with Crippen molar-refractivity contribution in [1.82, 2.24) is 24.2 Å². The van der Waals surface area contributed by atoms with E-state index >= 15 is 0 Å². The fraction of sp³-hybridized carbons (Fsp3) is 0.321. The van der Waals surface area contributed by atoms with E-state index in [1.54, 1.807) is 22.6 Å². The SMILES string of the molecule is CN(C=O)CCCNC(=O)c1cccn1C.Cc1ccccc1.Cc1ccn2c(C)c(C)nc2c1. The van der Waals surface area contributed by atoms with Crippen LogP contribution in [-0.4, -0.2) is 51.3 Å². The lowest BCUT2D eigenvalue weighted by Crippen LogP contribution is -2.28. The van der Waals surface area contributed by atoms with Gasteiger partial charge in [-0.3, -0.25) is 9.59 Å². The number of aromatic nitrogens is 3. The summed E-state index contributed by atoms with van der Waals surface area (Å²) in [5.74, 6) is -0.0822. The maximum Gasteiger partial charge on any atom is 0.267 e. The molecule has 0 bridgehead atoms. The molecule has 0 fully saturated rings. The summed E-state index contributed by atoms with van der Waals surface area (Å²) in [4.78, 5) is 27.9. The molecule has 0 radical (unpaired) electrons. The van der Waals surface area contributed by atoms with Crippen molar-refractivity contribution in [1.29, 1.82) is 0 Å². The van der Waals surface area contributed by atoms with E-state index in [1.807, 2.05) is 44.4 Å². The molecule has 0 saturated carbocycles. The van der Waals surface area contributed by atoms with Gasteiger partial charge in [0.2, 0.25) is 6.41 Å². The van der Waals surface area contributed by atoms with Gasteiger partial charge in [0.05, 0.1) is 5.69 Å². The largest absolute Gasteiger partial charge is 0.351 e. The number of aryl methyl sites for hydroxylation is 5. The molecule has 0 spiro atoms. The number of pyridine rings is 1. The van der Waals surface area contributed by atoms with Crippen LogP contribution in [0, 0.1) is 27.7 Å². The van der Waals surface area contributed by atoms with E-state index in [-0.39, 0.29) is 5.91 Å². The highest BCUT2D eigenvalue weighted by molar-refractivity contribution is 5.92. The highest BCUT2D eigenvalue weighted by atomic mass is 16.2. The first-order chi connectivity index (χ1) is 16.7. The van der Waals surface area contributed by atoms with Crippen molar-refractivity contribution in [3.05, 3.63) is 95.2 Å². The number of hydrogen-bond acceptors (Lipinski definition) is 3. The van der Waals surface area contributed by atoms with Crippen LogP contribution < -0.4 is 5.32 Å². The first-order valence-corrected chi connectivity index (χ1v) is 11.7. The maximum atomic E-state index is 11.6. The Morgan fingerprint density at radius 2 is 1.71 bits per heavy atom. The number of amides is 2. The van der Waals surface area contributed by atoms with Crippen LogP contribution in [0.5, 0.6) is 0 Å². The molecular formula is C28H37N5O2. The number of rotatable bonds is 6. The second-order valence-electron chi connectivity index (χ2n) is 8.57. The average molecular weight is 476 g/mol. The first kappa shape index (κ1) is 27.4. The molecule has 0 aliphatic rings. The Morgan fingerprint density at radius 3 is 2.29 bits per heavy atom. The van der Waals surface area contributed by atoms with Crippen molar-refractivity contribution in [3.8, 4) is 0 Å². The molecule has 1 aromatic carbocycles. The van der Waals surface area contributed by atoms with Crippen LogP contribution in [0.1, 0.15) is 39.4 Å². The summed E-state index contributed by atoms with van der Waals surface area (Å²) in [6.07, 6.45) is 5.43. The molecule has 3 aromatic heterocycles. The van der Waals surface area contributed by atoms with Crippen molar-refractivity contribution >= 4 is 18.0 Å². The Balaban J connectivity index is 0.000000199. The van der Waals surface area contributed by atoms with Crippen LogP contribution in [0.25, 0.3) is 5.65 Å². The predicted octanol–water partition coefficient (Wildman–Crippen LogP) is 4.49. The lowest BCUT2D eigenvalue weighted by molar-refractivity contribution is -0.117. The zero-order valence-corrected chi connectivity index (χ0v) is 21.7. The number of benzene rings is 1. The molecule has 7 heteroatoms. The normalized spacial score (nSPS) is 10.0. The maximum absolute atomic E-state index is 11.6. The topological polar surface area (TPSA) is 71.6 Å². The predicted molar refractivity (Wildman–Crippen MR) is 142 cm³/mol. The standard InChI is InChI=1S/C11H17N3O2.C10H12N2.C7H8/c1-13(9-15)7-4-6-12-11(16)10-5-3-8-14(10)2;1-7-4-5-12-9(3)8(2)11-10(12)6-7;1-7-5-3-2-4-6-7/h3,5,8-9H,4,6-7H2,1-2H3,(H,12,16);4-6H,1-3H3;2-6H,1H3. The molecule has 4 rings (SSSR count). The van der Waals surface area contributed by atoms with Gasteiger partial charge >= 0.3 is 0 Å². The minimum atomic E-state index is -0.0822. The molecule has 3 heterocycles. The van der Waals surface area contributed by atoms with Gasteiger partial charge in [0.15, 0.2) is 0 Å². The van der Waals surface area contributed by atoms with Crippen molar-refractivity contribution in [2.75, 3.05) is 20.1 Å². The lowest BCUT2D eigenvalue weighted by Gasteiger charge is -2.10. The Morgan fingerprint density at radius 1 is 1.00 bits per heavy atom. The van der Waals surface area contributed by atoms with Crippen molar-refractivity contribution in [3.63, 3.8) is 0 Å². The molecule has 2 amide bonds. The summed E-state index contributed by atoms with van der Waals surface area (Å²) >= 11 is 0. The third-order valence-corrected chi connectivity index (χ3v) is 5.53. The molecule has 0 atom stereocenters. The summed E-state index contributed by atoms with van der Waals surface area (Å²) in [5.41, 5.74) is 6.61. The minimum absolute atomic E-state index is 0.0822. The van der Waals surface area contributed by atoms with Crippen LogP contribution in [0.15, 0.2) is 67.0 Å². The molecule has 0 aliphatic carbocycles. The van der Waals surface area contributed by atoms with Gasteiger partial charge in [-0.05, 0) is 63.9 Å². The second kappa shape index (κ2) is 13.7. The number of nitrogens with zero attached hydrogens (tertiary/aromatic N) is 4. The van der Waals surface area contributed by atoms with Crippen LogP contribution in [0.4, 0.5) is 0 Å². The summed E-state index contributed by atoms with van der Waals surface area (Å²) in [6.45, 7) is 9.51.